The van der Waals surface area contributed by atoms with Gasteiger partial charge in [0.25, 0.3) is 0 Å². The molecule has 2 rings (SSSR count). The second-order valence-corrected chi connectivity index (χ2v) is 6.36. The fourth-order valence-corrected chi connectivity index (χ4v) is 3.26. The van der Waals surface area contributed by atoms with Gasteiger partial charge in [-0.05, 0) is 44.1 Å². The van der Waals surface area contributed by atoms with Gasteiger partial charge in [0.1, 0.15) is 0 Å². The maximum Gasteiger partial charge on any atom is 0.234 e. The molecule has 1 aliphatic heterocycles. The van der Waals surface area contributed by atoms with Crippen molar-refractivity contribution < 1.29 is 9.59 Å². The van der Waals surface area contributed by atoms with Gasteiger partial charge in [-0.25, -0.2) is 0 Å². The molecule has 6 heteroatoms. The summed E-state index contributed by atoms with van der Waals surface area (Å²) in [5.74, 6) is 0.341. The molecule has 0 saturated carbocycles. The van der Waals surface area contributed by atoms with Crippen molar-refractivity contribution in [1.29, 1.82) is 0 Å². The maximum absolute atomic E-state index is 12.0. The van der Waals surface area contributed by atoms with Crippen LogP contribution < -0.4 is 16.0 Å². The first kappa shape index (κ1) is 15.9. The zero-order chi connectivity index (χ0) is 15.1. The van der Waals surface area contributed by atoms with Crippen LogP contribution in [-0.2, 0) is 9.59 Å². The van der Waals surface area contributed by atoms with Crippen LogP contribution in [0.2, 0.25) is 0 Å². The lowest BCUT2D eigenvalue weighted by atomic mass is 10.2. The summed E-state index contributed by atoms with van der Waals surface area (Å²) in [6, 6.07) is 7.18. The molecule has 0 radical (unpaired) electrons. The van der Waals surface area contributed by atoms with Crippen LogP contribution in [0.5, 0.6) is 0 Å². The highest BCUT2D eigenvalue weighted by Gasteiger charge is 2.15. The predicted octanol–water partition coefficient (Wildman–Crippen LogP) is 2.07. The van der Waals surface area contributed by atoms with Gasteiger partial charge in [0, 0.05) is 23.5 Å². The van der Waals surface area contributed by atoms with Gasteiger partial charge in [-0.2, -0.15) is 0 Å². The Hall–Kier alpha value is -1.53. The topological polar surface area (TPSA) is 70.2 Å². The van der Waals surface area contributed by atoms with Crippen molar-refractivity contribution in [2.45, 2.75) is 25.0 Å². The second-order valence-electron chi connectivity index (χ2n) is 5.07. The molecular formula is C15H21N3O2S. The van der Waals surface area contributed by atoms with Gasteiger partial charge in [-0.3, -0.25) is 9.59 Å². The van der Waals surface area contributed by atoms with Crippen LogP contribution in [0.15, 0.2) is 24.3 Å². The molecule has 0 unspecified atom stereocenters. The zero-order valence-electron chi connectivity index (χ0n) is 12.1. The normalized spacial score (nSPS) is 15.5. The van der Waals surface area contributed by atoms with Crippen molar-refractivity contribution in [3.63, 3.8) is 0 Å². The molecule has 0 aliphatic carbocycles. The van der Waals surface area contributed by atoms with E-state index in [1.165, 1.54) is 6.92 Å². The largest absolute Gasteiger partial charge is 0.326 e. The molecule has 1 heterocycles. The fraction of sp³-hybridized carbons (Fsp3) is 0.467. The lowest BCUT2D eigenvalue weighted by Crippen LogP contribution is -2.30. The van der Waals surface area contributed by atoms with Gasteiger partial charge in [0.2, 0.25) is 11.8 Å². The fourth-order valence-electron chi connectivity index (χ4n) is 2.23. The Bertz CT molecular complexity index is 501. The van der Waals surface area contributed by atoms with Gasteiger partial charge >= 0.3 is 0 Å². The summed E-state index contributed by atoms with van der Waals surface area (Å²) in [6.07, 6.45) is 2.24. The summed E-state index contributed by atoms with van der Waals surface area (Å²) in [4.78, 5) is 23.0. The van der Waals surface area contributed by atoms with E-state index in [0.29, 0.717) is 22.4 Å². The van der Waals surface area contributed by atoms with Crippen molar-refractivity contribution in [3.8, 4) is 0 Å². The number of rotatable bonds is 5. The Morgan fingerprint density at radius 3 is 2.57 bits per heavy atom. The average Bonchev–Trinajstić information content (AvgIpc) is 2.46. The molecule has 21 heavy (non-hydrogen) atoms. The molecule has 114 valence electrons. The van der Waals surface area contributed by atoms with Crippen LogP contribution in [0.1, 0.15) is 19.8 Å². The molecule has 1 saturated heterocycles. The number of carbonyl (C=O) groups excluding carboxylic acids is 2. The van der Waals surface area contributed by atoms with E-state index in [-0.39, 0.29) is 11.8 Å². The second kappa shape index (κ2) is 8.05. The molecule has 5 nitrogen and oxygen atoms in total. The number of carbonyl (C=O) groups is 2. The number of hydrogen-bond donors (Lipinski definition) is 3. The number of benzene rings is 1. The van der Waals surface area contributed by atoms with Gasteiger partial charge in [0.05, 0.1) is 5.75 Å². The summed E-state index contributed by atoms with van der Waals surface area (Å²) >= 11 is 1.72. The highest BCUT2D eigenvalue weighted by Crippen LogP contribution is 2.21. The van der Waals surface area contributed by atoms with E-state index in [1.54, 1.807) is 30.0 Å². The van der Waals surface area contributed by atoms with E-state index in [4.69, 9.17) is 0 Å². The Labute approximate surface area is 129 Å². The summed E-state index contributed by atoms with van der Waals surface area (Å²) in [5, 5.41) is 9.46. The molecule has 1 aliphatic rings. The minimum absolute atomic E-state index is 0.00138. The zero-order valence-corrected chi connectivity index (χ0v) is 13.0. The van der Waals surface area contributed by atoms with Crippen molar-refractivity contribution in [2.75, 3.05) is 29.5 Å². The standard InChI is InChI=1S/C15H21N3O2S/c1-11(19)17-12-3-2-4-13(9-12)18-15(20)10-21-14-5-7-16-8-6-14/h2-4,9,14,16H,5-8,10H2,1H3,(H,17,19)(H,18,20). The van der Waals surface area contributed by atoms with E-state index >= 15 is 0 Å². The first-order chi connectivity index (χ1) is 10.1. The minimum Gasteiger partial charge on any atom is -0.326 e. The van der Waals surface area contributed by atoms with Crippen LogP contribution in [0.4, 0.5) is 11.4 Å². The third kappa shape index (κ3) is 5.77. The average molecular weight is 307 g/mol. The Balaban J connectivity index is 1.80. The van der Waals surface area contributed by atoms with Crippen LogP contribution in [0.3, 0.4) is 0 Å². The summed E-state index contributed by atoms with van der Waals surface area (Å²) < 4.78 is 0. The number of thioether (sulfide) groups is 1. The number of nitrogens with one attached hydrogen (secondary N) is 3. The molecule has 2 amide bonds. The summed E-state index contributed by atoms with van der Waals surface area (Å²) in [7, 11) is 0. The lowest BCUT2D eigenvalue weighted by molar-refractivity contribution is -0.114. The quantitative estimate of drug-likeness (QED) is 0.779. The monoisotopic (exact) mass is 307 g/mol. The van der Waals surface area contributed by atoms with Crippen molar-refractivity contribution in [3.05, 3.63) is 24.3 Å². The first-order valence-electron chi connectivity index (χ1n) is 7.13. The lowest BCUT2D eigenvalue weighted by Gasteiger charge is -2.21. The van der Waals surface area contributed by atoms with Gasteiger partial charge in [0.15, 0.2) is 0 Å². The number of piperidine rings is 1. The summed E-state index contributed by atoms with van der Waals surface area (Å²) in [6.45, 7) is 3.54. The SMILES string of the molecule is CC(=O)Nc1cccc(NC(=O)CSC2CCNCC2)c1. The van der Waals surface area contributed by atoms with E-state index < -0.39 is 0 Å². The molecule has 1 aromatic carbocycles. The van der Waals surface area contributed by atoms with E-state index in [9.17, 15) is 9.59 Å². The molecule has 0 bridgehead atoms. The third-order valence-electron chi connectivity index (χ3n) is 3.20. The van der Waals surface area contributed by atoms with E-state index in [2.05, 4.69) is 16.0 Å². The molecular weight excluding hydrogens is 286 g/mol. The molecule has 1 aromatic rings. The third-order valence-corrected chi connectivity index (χ3v) is 4.57. The number of amides is 2. The van der Waals surface area contributed by atoms with Crippen molar-refractivity contribution in [2.24, 2.45) is 0 Å². The Morgan fingerprint density at radius 2 is 1.90 bits per heavy atom. The Morgan fingerprint density at radius 1 is 1.24 bits per heavy atom. The van der Waals surface area contributed by atoms with Gasteiger partial charge in [-0.1, -0.05) is 6.07 Å². The Kier molecular flexibility index (Phi) is 6.07. The minimum atomic E-state index is -0.125. The van der Waals surface area contributed by atoms with Crippen molar-refractivity contribution >= 4 is 35.0 Å². The van der Waals surface area contributed by atoms with Crippen LogP contribution in [0.25, 0.3) is 0 Å². The van der Waals surface area contributed by atoms with E-state index in [0.717, 1.165) is 25.9 Å². The van der Waals surface area contributed by atoms with Gasteiger partial charge < -0.3 is 16.0 Å². The van der Waals surface area contributed by atoms with E-state index in [1.807, 2.05) is 6.07 Å². The molecule has 0 spiro atoms. The highest BCUT2D eigenvalue weighted by molar-refractivity contribution is 8.00. The number of hydrogen-bond acceptors (Lipinski definition) is 4. The molecule has 0 atom stereocenters. The first-order valence-corrected chi connectivity index (χ1v) is 8.18. The number of anilines is 2. The smallest absolute Gasteiger partial charge is 0.234 e. The van der Waals surface area contributed by atoms with Gasteiger partial charge in [-0.15, -0.1) is 11.8 Å². The van der Waals surface area contributed by atoms with Crippen LogP contribution in [-0.4, -0.2) is 35.9 Å². The molecule has 1 fully saturated rings. The molecule has 0 aromatic heterocycles. The highest BCUT2D eigenvalue weighted by atomic mass is 32.2. The van der Waals surface area contributed by atoms with Crippen molar-refractivity contribution in [1.82, 2.24) is 5.32 Å². The van der Waals surface area contributed by atoms with Crippen LogP contribution >= 0.6 is 11.8 Å². The summed E-state index contributed by atoms with van der Waals surface area (Å²) in [5.41, 5.74) is 1.39. The predicted molar refractivity (Wildman–Crippen MR) is 87.7 cm³/mol. The van der Waals surface area contributed by atoms with Crippen LogP contribution in [0, 0.1) is 0 Å². The molecule has 3 N–H and O–H groups in total. The maximum atomic E-state index is 12.0.